The zero-order valence-electron chi connectivity index (χ0n) is 11.0. The van der Waals surface area contributed by atoms with E-state index in [1.807, 2.05) is 0 Å². The molecule has 0 amide bonds. The summed E-state index contributed by atoms with van der Waals surface area (Å²) in [5, 5.41) is 0. The second kappa shape index (κ2) is 5.87. The van der Waals surface area contributed by atoms with E-state index >= 15 is 0 Å². The number of alkyl halides is 6. The largest absolute Gasteiger partial charge is 0.417 e. The third-order valence-corrected chi connectivity index (χ3v) is 2.94. The van der Waals surface area contributed by atoms with Gasteiger partial charge in [-0.1, -0.05) is 42.5 Å². The van der Waals surface area contributed by atoms with E-state index in [2.05, 4.69) is 0 Å². The molecule has 0 aromatic heterocycles. The third-order valence-electron chi connectivity index (χ3n) is 2.94. The molecule has 0 unspecified atom stereocenters. The summed E-state index contributed by atoms with van der Waals surface area (Å²) in [6.07, 6.45) is -8.35. The number of allylic oxidation sites excluding steroid dienone is 1. The summed E-state index contributed by atoms with van der Waals surface area (Å²) in [6, 6.07) is 10.7. The molecule has 116 valence electrons. The van der Waals surface area contributed by atoms with Crippen molar-refractivity contribution >= 4 is 11.6 Å². The van der Waals surface area contributed by atoms with Crippen LogP contribution in [0.1, 0.15) is 16.7 Å². The number of hydrogen-bond acceptors (Lipinski definition) is 0. The summed E-state index contributed by atoms with van der Waals surface area (Å²) >= 11 is 0. The Kier molecular flexibility index (Phi) is 4.30. The van der Waals surface area contributed by atoms with Gasteiger partial charge in [0.2, 0.25) is 0 Å². The van der Waals surface area contributed by atoms with Crippen LogP contribution in [0.15, 0.2) is 54.6 Å². The smallest absolute Gasteiger partial charge is 0.166 e. The van der Waals surface area contributed by atoms with Gasteiger partial charge in [0.05, 0.1) is 11.1 Å². The number of benzene rings is 2. The van der Waals surface area contributed by atoms with Crippen LogP contribution < -0.4 is 0 Å². The lowest BCUT2D eigenvalue weighted by molar-refractivity contribution is -0.137. The van der Waals surface area contributed by atoms with Gasteiger partial charge in [0.25, 0.3) is 0 Å². The van der Waals surface area contributed by atoms with Gasteiger partial charge in [-0.15, -0.1) is 0 Å². The maximum absolute atomic E-state index is 13.1. The van der Waals surface area contributed by atoms with Gasteiger partial charge in [-0.3, -0.25) is 0 Å². The monoisotopic (exact) mass is 316 g/mol. The van der Waals surface area contributed by atoms with Gasteiger partial charge in [0.1, 0.15) is 0 Å². The molecule has 0 aliphatic rings. The minimum absolute atomic E-state index is 0.315. The van der Waals surface area contributed by atoms with Crippen molar-refractivity contribution in [2.45, 2.75) is 12.4 Å². The molecule has 0 spiro atoms. The predicted octanol–water partition coefficient (Wildman–Crippen LogP) is 5.81. The Bertz CT molecular complexity index is 648. The van der Waals surface area contributed by atoms with E-state index in [4.69, 9.17) is 0 Å². The molecular weight excluding hydrogens is 306 g/mol. The Balaban J connectivity index is 2.46. The highest BCUT2D eigenvalue weighted by atomic mass is 19.4. The van der Waals surface area contributed by atoms with Crippen molar-refractivity contribution < 1.29 is 26.3 Å². The van der Waals surface area contributed by atoms with E-state index < -0.39 is 23.5 Å². The highest BCUT2D eigenvalue weighted by Crippen LogP contribution is 2.37. The first-order valence-corrected chi connectivity index (χ1v) is 6.19. The van der Waals surface area contributed by atoms with Gasteiger partial charge in [-0.2, -0.15) is 26.3 Å². The molecule has 0 fully saturated rings. The Labute approximate surface area is 122 Å². The van der Waals surface area contributed by atoms with Crippen molar-refractivity contribution in [2.75, 3.05) is 0 Å². The first-order valence-electron chi connectivity index (χ1n) is 6.19. The minimum Gasteiger partial charge on any atom is -0.166 e. The van der Waals surface area contributed by atoms with Crippen LogP contribution in [0.5, 0.6) is 0 Å². The molecular formula is C16H10F6. The normalized spacial score (nSPS) is 13.3. The molecule has 0 saturated heterocycles. The second-order valence-electron chi connectivity index (χ2n) is 4.54. The van der Waals surface area contributed by atoms with Crippen LogP contribution in [0.3, 0.4) is 0 Å². The van der Waals surface area contributed by atoms with Crippen molar-refractivity contribution in [3.05, 3.63) is 71.3 Å². The van der Waals surface area contributed by atoms with Crippen molar-refractivity contribution in [1.29, 1.82) is 0 Å². The zero-order chi connectivity index (χ0) is 16.4. The summed E-state index contributed by atoms with van der Waals surface area (Å²) in [5.74, 6) is 0. The fourth-order valence-electron chi connectivity index (χ4n) is 1.88. The number of hydrogen-bond donors (Lipinski definition) is 0. The van der Waals surface area contributed by atoms with E-state index in [0.29, 0.717) is 17.7 Å². The van der Waals surface area contributed by atoms with Gasteiger partial charge in [-0.25, -0.2) is 0 Å². The molecule has 6 heteroatoms. The van der Waals surface area contributed by atoms with Crippen LogP contribution in [-0.4, -0.2) is 6.18 Å². The average molecular weight is 316 g/mol. The SMILES string of the molecule is FC(F)(F)/C(=C/c1ccccc1)c1ccc(C(F)(F)F)cc1. The molecule has 22 heavy (non-hydrogen) atoms. The van der Waals surface area contributed by atoms with Crippen LogP contribution in [0.2, 0.25) is 0 Å². The topological polar surface area (TPSA) is 0 Å². The molecule has 0 saturated carbocycles. The van der Waals surface area contributed by atoms with Crippen molar-refractivity contribution in [2.24, 2.45) is 0 Å². The molecule has 0 bridgehead atoms. The van der Waals surface area contributed by atoms with E-state index in [9.17, 15) is 26.3 Å². The second-order valence-corrected chi connectivity index (χ2v) is 4.54. The molecule has 0 heterocycles. The molecule has 0 nitrogen and oxygen atoms in total. The van der Waals surface area contributed by atoms with Crippen LogP contribution in [-0.2, 0) is 6.18 Å². The quantitative estimate of drug-likeness (QED) is 0.484. The molecule has 0 atom stereocenters. The maximum atomic E-state index is 13.1. The lowest BCUT2D eigenvalue weighted by Gasteiger charge is -2.13. The predicted molar refractivity (Wildman–Crippen MR) is 71.8 cm³/mol. The Hall–Kier alpha value is -2.24. The molecule has 0 aliphatic carbocycles. The first-order chi connectivity index (χ1) is 10.2. The number of halogens is 6. The first kappa shape index (κ1) is 16.1. The zero-order valence-corrected chi connectivity index (χ0v) is 11.0. The summed E-state index contributed by atoms with van der Waals surface area (Å²) in [7, 11) is 0. The third kappa shape index (κ3) is 3.90. The van der Waals surface area contributed by atoms with Gasteiger partial charge in [0.15, 0.2) is 0 Å². The van der Waals surface area contributed by atoms with Crippen LogP contribution in [0.4, 0.5) is 26.3 Å². The molecule has 2 aromatic rings. The van der Waals surface area contributed by atoms with E-state index in [1.54, 1.807) is 18.2 Å². The Morgan fingerprint density at radius 1 is 0.727 bits per heavy atom. The van der Waals surface area contributed by atoms with Gasteiger partial charge in [0, 0.05) is 0 Å². The van der Waals surface area contributed by atoms with Crippen molar-refractivity contribution in [1.82, 2.24) is 0 Å². The van der Waals surface area contributed by atoms with Crippen LogP contribution >= 0.6 is 0 Å². The van der Waals surface area contributed by atoms with Gasteiger partial charge >= 0.3 is 12.4 Å². The molecule has 0 N–H and O–H groups in total. The highest BCUT2D eigenvalue weighted by molar-refractivity contribution is 5.84. The Morgan fingerprint density at radius 3 is 1.73 bits per heavy atom. The molecule has 0 aliphatic heterocycles. The van der Waals surface area contributed by atoms with E-state index in [0.717, 1.165) is 18.2 Å². The summed E-state index contributed by atoms with van der Waals surface area (Å²) in [5.41, 5.74) is -1.98. The van der Waals surface area contributed by atoms with E-state index in [1.165, 1.54) is 12.1 Å². The van der Waals surface area contributed by atoms with Crippen molar-refractivity contribution in [3.63, 3.8) is 0 Å². The number of rotatable bonds is 2. The average Bonchev–Trinajstić information content (AvgIpc) is 2.44. The Morgan fingerprint density at radius 2 is 1.27 bits per heavy atom. The molecule has 0 radical (unpaired) electrons. The van der Waals surface area contributed by atoms with Gasteiger partial charge < -0.3 is 0 Å². The van der Waals surface area contributed by atoms with Crippen LogP contribution in [0, 0.1) is 0 Å². The summed E-state index contributed by atoms with van der Waals surface area (Å²) in [4.78, 5) is 0. The fraction of sp³-hybridized carbons (Fsp3) is 0.125. The van der Waals surface area contributed by atoms with Gasteiger partial charge in [-0.05, 0) is 29.3 Å². The maximum Gasteiger partial charge on any atom is 0.417 e. The standard InChI is InChI=1S/C16H10F6/c17-15(18,19)13-8-6-12(7-9-13)14(16(20,21)22)10-11-4-2-1-3-5-11/h1-10H/b14-10+. The lowest BCUT2D eigenvalue weighted by atomic mass is 10.0. The fourth-order valence-corrected chi connectivity index (χ4v) is 1.88. The van der Waals surface area contributed by atoms with Crippen molar-refractivity contribution in [3.8, 4) is 0 Å². The highest BCUT2D eigenvalue weighted by Gasteiger charge is 2.35. The molecule has 2 aromatic carbocycles. The summed E-state index contributed by atoms with van der Waals surface area (Å²) in [6.45, 7) is 0. The lowest BCUT2D eigenvalue weighted by Crippen LogP contribution is -2.11. The molecule has 2 rings (SSSR count). The minimum atomic E-state index is -4.67. The van der Waals surface area contributed by atoms with E-state index in [-0.39, 0.29) is 5.56 Å². The summed E-state index contributed by atoms with van der Waals surface area (Å²) < 4.78 is 76.8. The van der Waals surface area contributed by atoms with Crippen LogP contribution in [0.25, 0.3) is 11.6 Å².